The van der Waals surface area contributed by atoms with E-state index in [0.717, 1.165) is 11.1 Å². The Bertz CT molecular complexity index is 1640. The summed E-state index contributed by atoms with van der Waals surface area (Å²) in [5.41, 5.74) is 3.31. The van der Waals surface area contributed by atoms with Crippen molar-refractivity contribution in [3.63, 3.8) is 0 Å². The maximum atomic E-state index is 12.4. The first-order valence-corrected chi connectivity index (χ1v) is 12.7. The normalized spacial score (nSPS) is 13.5. The Morgan fingerprint density at radius 3 is 2.72 bits per heavy atom. The predicted octanol–water partition coefficient (Wildman–Crippen LogP) is 2.23. The van der Waals surface area contributed by atoms with Gasteiger partial charge in [-0.15, -0.1) is 0 Å². The maximum Gasteiger partial charge on any atom is 0.325 e. The topological polar surface area (TPSA) is 162 Å². The van der Waals surface area contributed by atoms with Crippen LogP contribution in [0, 0.1) is 20.8 Å². The van der Waals surface area contributed by atoms with E-state index in [0.29, 0.717) is 62.9 Å². The zero-order chi connectivity index (χ0) is 27.8. The molecule has 4 heterocycles. The van der Waals surface area contributed by atoms with Crippen LogP contribution in [0.5, 0.6) is 5.75 Å². The summed E-state index contributed by atoms with van der Waals surface area (Å²) in [7, 11) is 1.75. The molecule has 0 amide bonds. The lowest BCUT2D eigenvalue weighted by Gasteiger charge is -2.21. The first-order valence-electron chi connectivity index (χ1n) is 12.3. The minimum absolute atomic E-state index is 0.0883. The third kappa shape index (κ3) is 5.18. The van der Waals surface area contributed by atoms with E-state index in [1.165, 1.54) is 0 Å². The molecule has 0 radical (unpaired) electrons. The first kappa shape index (κ1) is 26.6. The second kappa shape index (κ2) is 10.6. The number of likely N-dealkylation sites (N-methyl/N-ethyl adjacent to an activating group) is 1. The number of nitrogens with one attached hydrogen (secondary N) is 3. The van der Waals surface area contributed by atoms with Crippen LogP contribution in [0.1, 0.15) is 28.3 Å². The van der Waals surface area contributed by atoms with Crippen LogP contribution in [-0.2, 0) is 13.1 Å². The van der Waals surface area contributed by atoms with Crippen molar-refractivity contribution in [3.05, 3.63) is 72.3 Å². The summed E-state index contributed by atoms with van der Waals surface area (Å²) in [6.45, 7) is 6.54. The number of aliphatic hydroxyl groups is 1. The van der Waals surface area contributed by atoms with Crippen LogP contribution in [0.4, 0.5) is 5.82 Å². The Labute approximate surface area is 228 Å². The summed E-state index contributed by atoms with van der Waals surface area (Å²) >= 11 is 6.62. The van der Waals surface area contributed by atoms with Gasteiger partial charge in [0.25, 0.3) is 5.56 Å². The molecule has 0 spiro atoms. The average Bonchev–Trinajstić information content (AvgIpc) is 3.47. The fraction of sp³-hybridized carbons (Fsp3) is 0.346. The van der Waals surface area contributed by atoms with E-state index in [-0.39, 0.29) is 19.7 Å². The van der Waals surface area contributed by atoms with Crippen molar-refractivity contribution in [2.24, 2.45) is 0 Å². The molecule has 0 fully saturated rings. The van der Waals surface area contributed by atoms with Gasteiger partial charge in [0.05, 0.1) is 40.6 Å². The zero-order valence-corrected chi connectivity index (χ0v) is 22.6. The van der Waals surface area contributed by atoms with Gasteiger partial charge in [0.1, 0.15) is 30.0 Å². The number of aryl methyl sites for hydroxylation is 2. The van der Waals surface area contributed by atoms with Gasteiger partial charge >= 0.3 is 5.69 Å². The molecule has 0 saturated carbocycles. The van der Waals surface area contributed by atoms with E-state index in [2.05, 4.69) is 20.4 Å². The Morgan fingerprint density at radius 1 is 1.21 bits per heavy atom. The molecule has 1 atom stereocenters. The Balaban J connectivity index is 1.62. The van der Waals surface area contributed by atoms with Crippen molar-refractivity contribution < 1.29 is 14.4 Å². The van der Waals surface area contributed by atoms with Gasteiger partial charge in [0.2, 0.25) is 0 Å². The number of benzene rings is 1. The van der Waals surface area contributed by atoms with Crippen LogP contribution in [0.15, 0.2) is 32.3 Å². The van der Waals surface area contributed by atoms with Gasteiger partial charge in [-0.25, -0.2) is 14.8 Å². The number of fused-ring (bicyclic) bond motifs is 1. The quantitative estimate of drug-likeness (QED) is 0.254. The second-order valence-electron chi connectivity index (χ2n) is 9.43. The summed E-state index contributed by atoms with van der Waals surface area (Å²) in [5, 5.41) is 17.4. The molecule has 0 saturated heterocycles. The van der Waals surface area contributed by atoms with Crippen molar-refractivity contribution in [3.8, 4) is 28.4 Å². The van der Waals surface area contributed by atoms with E-state index >= 15 is 0 Å². The summed E-state index contributed by atoms with van der Waals surface area (Å²) < 4.78 is 11.2. The molecule has 39 heavy (non-hydrogen) atoms. The number of aromatic amines is 2. The molecular weight excluding hydrogens is 526 g/mol. The number of aromatic nitrogens is 5. The molecule has 204 valence electrons. The smallest absolute Gasteiger partial charge is 0.325 e. The molecule has 1 aromatic carbocycles. The zero-order valence-electron chi connectivity index (χ0n) is 21.9. The maximum absolute atomic E-state index is 12.4. The predicted molar refractivity (Wildman–Crippen MR) is 145 cm³/mol. The lowest BCUT2D eigenvalue weighted by atomic mass is 10.0. The number of anilines is 1. The largest absolute Gasteiger partial charge is 0.491 e. The van der Waals surface area contributed by atoms with Crippen molar-refractivity contribution >= 4 is 17.4 Å². The SMILES string of the molecule is CNC[C@@H](O)COc1ccc(Cl)c(-c2nc(-c3c(C)noc3C)c(C)c(N3Cc4[nH]c(=O)[nH]c(=O)c4C3)n2)c1. The number of aliphatic hydroxyl groups excluding tert-OH is 1. The molecular formula is C26H28ClN7O5. The fourth-order valence-electron chi connectivity index (χ4n) is 4.70. The number of halogens is 1. The van der Waals surface area contributed by atoms with Gasteiger partial charge in [-0.2, -0.15) is 0 Å². The first-order chi connectivity index (χ1) is 18.7. The van der Waals surface area contributed by atoms with Gasteiger partial charge in [-0.05, 0) is 46.0 Å². The van der Waals surface area contributed by atoms with Crippen LogP contribution >= 0.6 is 11.6 Å². The molecule has 0 unspecified atom stereocenters. The Morgan fingerprint density at radius 2 is 2.00 bits per heavy atom. The third-order valence-corrected chi connectivity index (χ3v) is 6.91. The molecule has 1 aliphatic rings. The highest BCUT2D eigenvalue weighted by Gasteiger charge is 2.29. The minimum atomic E-state index is -0.686. The summed E-state index contributed by atoms with van der Waals surface area (Å²) in [6, 6.07) is 5.12. The van der Waals surface area contributed by atoms with Crippen LogP contribution in [0.2, 0.25) is 5.02 Å². The van der Waals surface area contributed by atoms with E-state index in [9.17, 15) is 14.7 Å². The van der Waals surface area contributed by atoms with E-state index in [1.54, 1.807) is 25.2 Å². The van der Waals surface area contributed by atoms with Crippen molar-refractivity contribution in [1.29, 1.82) is 0 Å². The second-order valence-corrected chi connectivity index (χ2v) is 9.84. The molecule has 4 N–H and O–H groups in total. The standard InChI is InChI=1S/C26H28ClN7O5/c1-12-22(21-13(2)33-39-14(21)3)30-23(17-7-16(5-6-19(17)27)38-11-15(35)8-28-4)31-24(12)34-9-18-20(10-34)29-26(37)32-25(18)36/h5-7,15,28,35H,8-11H2,1-4H3,(H2,29,32,36,37)/t15-/m1/s1. The summed E-state index contributed by atoms with van der Waals surface area (Å²) in [4.78, 5) is 41.0. The molecule has 0 bridgehead atoms. The molecule has 3 aromatic heterocycles. The van der Waals surface area contributed by atoms with E-state index in [4.69, 9.17) is 30.8 Å². The third-order valence-electron chi connectivity index (χ3n) is 6.58. The summed E-state index contributed by atoms with van der Waals surface area (Å²) in [5.74, 6) is 1.98. The molecule has 5 rings (SSSR count). The van der Waals surface area contributed by atoms with Gasteiger partial charge in [-0.3, -0.25) is 9.78 Å². The molecule has 1 aliphatic heterocycles. The highest BCUT2D eigenvalue weighted by atomic mass is 35.5. The van der Waals surface area contributed by atoms with E-state index < -0.39 is 17.4 Å². The van der Waals surface area contributed by atoms with Crippen molar-refractivity contribution in [2.45, 2.75) is 40.0 Å². The van der Waals surface area contributed by atoms with Crippen LogP contribution in [-0.4, -0.2) is 56.5 Å². The van der Waals surface area contributed by atoms with Crippen LogP contribution in [0.25, 0.3) is 22.6 Å². The lowest BCUT2D eigenvalue weighted by Crippen LogP contribution is -2.29. The number of ether oxygens (including phenoxy) is 1. The van der Waals surface area contributed by atoms with E-state index in [1.807, 2.05) is 25.7 Å². The lowest BCUT2D eigenvalue weighted by molar-refractivity contribution is 0.108. The van der Waals surface area contributed by atoms with Gasteiger partial charge in [-0.1, -0.05) is 16.8 Å². The van der Waals surface area contributed by atoms with Gasteiger partial charge in [0.15, 0.2) is 5.82 Å². The molecule has 0 aliphatic carbocycles. The number of H-pyrrole nitrogens is 2. The van der Waals surface area contributed by atoms with Crippen molar-refractivity contribution in [2.75, 3.05) is 25.1 Å². The van der Waals surface area contributed by atoms with Crippen LogP contribution in [0.3, 0.4) is 0 Å². The van der Waals surface area contributed by atoms with Gasteiger partial charge in [0, 0.05) is 23.4 Å². The Kier molecular flexibility index (Phi) is 7.25. The van der Waals surface area contributed by atoms with Crippen molar-refractivity contribution in [1.82, 2.24) is 30.4 Å². The molecule has 4 aromatic rings. The monoisotopic (exact) mass is 553 g/mol. The number of hydrogen-bond acceptors (Lipinski definition) is 10. The fourth-order valence-corrected chi connectivity index (χ4v) is 4.90. The highest BCUT2D eigenvalue weighted by Crippen LogP contribution is 2.38. The highest BCUT2D eigenvalue weighted by molar-refractivity contribution is 6.33. The Hall–Kier alpha value is -4.00. The molecule has 13 heteroatoms. The number of rotatable bonds is 8. The molecule has 12 nitrogen and oxygen atoms in total. The number of hydrogen-bond donors (Lipinski definition) is 4. The number of nitrogens with zero attached hydrogens (tertiary/aromatic N) is 4. The average molecular weight is 554 g/mol. The van der Waals surface area contributed by atoms with Crippen LogP contribution < -0.4 is 26.2 Å². The summed E-state index contributed by atoms with van der Waals surface area (Å²) in [6.07, 6.45) is -0.686. The van der Waals surface area contributed by atoms with Gasteiger partial charge < -0.3 is 29.6 Å². The minimum Gasteiger partial charge on any atom is -0.491 e.